The second-order valence-corrected chi connectivity index (χ2v) is 4.77. The van der Waals surface area contributed by atoms with Crippen molar-refractivity contribution in [2.75, 3.05) is 5.32 Å². The molecule has 2 N–H and O–H groups in total. The number of hydrogen-bond donors (Lipinski definition) is 2. The van der Waals surface area contributed by atoms with Crippen LogP contribution in [0.4, 0.5) is 11.4 Å². The number of hydrogen-bond acceptors (Lipinski definition) is 4. The number of nitrogens with zero attached hydrogens (tertiary/aromatic N) is 1. The van der Waals surface area contributed by atoms with Crippen LogP contribution in [-0.2, 0) is 4.79 Å². The lowest BCUT2D eigenvalue weighted by atomic mass is 10.1. The number of nitro benzene ring substituents is 1. The van der Waals surface area contributed by atoms with Gasteiger partial charge in [0.2, 0.25) is 5.91 Å². The summed E-state index contributed by atoms with van der Waals surface area (Å²) in [4.78, 5) is 21.6. The largest absolute Gasteiger partial charge is 0.502 e. The summed E-state index contributed by atoms with van der Waals surface area (Å²) in [5, 5.41) is 23.2. The zero-order chi connectivity index (χ0) is 16.1. The molecule has 0 fully saturated rings. The van der Waals surface area contributed by atoms with Crippen molar-refractivity contribution in [1.29, 1.82) is 0 Å². The fourth-order valence-electron chi connectivity index (χ4n) is 1.72. The highest BCUT2D eigenvalue weighted by molar-refractivity contribution is 6.30. The molecule has 0 aliphatic rings. The number of amides is 1. The standard InChI is InChI=1S/C15H11ClN2O4/c16-11-2-1-3-12(9-11)17-15(20)7-5-10-4-6-13(18(21)22)14(19)8-10/h1-9,19H,(H,17,20). The van der Waals surface area contributed by atoms with E-state index in [0.717, 1.165) is 0 Å². The van der Waals surface area contributed by atoms with Crippen molar-refractivity contribution in [3.63, 3.8) is 0 Å². The fraction of sp³-hybridized carbons (Fsp3) is 0. The van der Waals surface area contributed by atoms with Crippen LogP contribution in [0.5, 0.6) is 5.75 Å². The van der Waals surface area contributed by atoms with Crippen molar-refractivity contribution in [2.45, 2.75) is 0 Å². The molecule has 0 aliphatic carbocycles. The molecule has 2 aromatic rings. The van der Waals surface area contributed by atoms with E-state index in [0.29, 0.717) is 16.3 Å². The minimum atomic E-state index is -0.686. The molecule has 6 nitrogen and oxygen atoms in total. The number of halogens is 1. The summed E-state index contributed by atoms with van der Waals surface area (Å²) in [5.41, 5.74) is 0.624. The topological polar surface area (TPSA) is 92.5 Å². The lowest BCUT2D eigenvalue weighted by Crippen LogP contribution is -2.07. The van der Waals surface area contributed by atoms with Gasteiger partial charge < -0.3 is 10.4 Å². The Morgan fingerprint density at radius 2 is 2.05 bits per heavy atom. The van der Waals surface area contributed by atoms with Crippen LogP contribution < -0.4 is 5.32 Å². The van der Waals surface area contributed by atoms with Crippen molar-refractivity contribution in [2.24, 2.45) is 0 Å². The summed E-state index contributed by atoms with van der Waals surface area (Å²) >= 11 is 5.81. The van der Waals surface area contributed by atoms with Gasteiger partial charge in [-0.1, -0.05) is 17.7 Å². The van der Waals surface area contributed by atoms with E-state index >= 15 is 0 Å². The molecule has 0 radical (unpaired) electrons. The second kappa shape index (κ2) is 6.73. The van der Waals surface area contributed by atoms with E-state index in [1.807, 2.05) is 0 Å². The highest BCUT2D eigenvalue weighted by Crippen LogP contribution is 2.26. The summed E-state index contributed by atoms with van der Waals surface area (Å²) < 4.78 is 0. The summed E-state index contributed by atoms with van der Waals surface area (Å²) in [6.07, 6.45) is 2.69. The average Bonchev–Trinajstić information content (AvgIpc) is 2.45. The van der Waals surface area contributed by atoms with Gasteiger partial charge in [0.1, 0.15) is 0 Å². The predicted octanol–water partition coefficient (Wildman–Crippen LogP) is 3.61. The number of rotatable bonds is 4. The van der Waals surface area contributed by atoms with Crippen LogP contribution >= 0.6 is 11.6 Å². The summed E-state index contributed by atoms with van der Waals surface area (Å²) in [6.45, 7) is 0. The molecule has 2 rings (SSSR count). The smallest absolute Gasteiger partial charge is 0.310 e. The number of phenolic OH excluding ortho intramolecular Hbond substituents is 1. The summed E-state index contributed by atoms with van der Waals surface area (Å²) in [7, 11) is 0. The molecule has 0 bridgehead atoms. The number of nitrogens with one attached hydrogen (secondary N) is 1. The maximum atomic E-state index is 11.7. The number of phenols is 1. The fourth-order valence-corrected chi connectivity index (χ4v) is 1.91. The minimum Gasteiger partial charge on any atom is -0.502 e. The van der Waals surface area contributed by atoms with Crippen molar-refractivity contribution >= 4 is 35.0 Å². The molecule has 0 spiro atoms. The van der Waals surface area contributed by atoms with E-state index in [1.54, 1.807) is 24.3 Å². The van der Waals surface area contributed by atoms with Crippen LogP contribution in [-0.4, -0.2) is 15.9 Å². The van der Waals surface area contributed by atoms with Gasteiger partial charge in [0.15, 0.2) is 5.75 Å². The maximum Gasteiger partial charge on any atom is 0.310 e. The van der Waals surface area contributed by atoms with Crippen LogP contribution in [0.3, 0.4) is 0 Å². The Balaban J connectivity index is 2.06. The van der Waals surface area contributed by atoms with Gasteiger partial charge in [-0.05, 0) is 42.0 Å². The number of aromatic hydroxyl groups is 1. The van der Waals surface area contributed by atoms with Crippen LogP contribution in [0.1, 0.15) is 5.56 Å². The molecule has 0 aromatic heterocycles. The molecule has 112 valence electrons. The first-order valence-electron chi connectivity index (χ1n) is 6.18. The third-order valence-electron chi connectivity index (χ3n) is 2.72. The number of nitro groups is 1. The van der Waals surface area contributed by atoms with Gasteiger partial charge >= 0.3 is 5.69 Å². The van der Waals surface area contributed by atoms with Crippen molar-refractivity contribution < 1.29 is 14.8 Å². The Bertz CT molecular complexity index is 759. The van der Waals surface area contributed by atoms with Gasteiger partial charge in [0.05, 0.1) is 4.92 Å². The lowest BCUT2D eigenvalue weighted by molar-refractivity contribution is -0.385. The predicted molar refractivity (Wildman–Crippen MR) is 83.9 cm³/mol. The van der Waals surface area contributed by atoms with E-state index in [1.165, 1.54) is 30.4 Å². The molecule has 0 atom stereocenters. The number of carbonyl (C=O) groups is 1. The van der Waals surface area contributed by atoms with Gasteiger partial charge in [-0.2, -0.15) is 0 Å². The molecule has 1 amide bonds. The van der Waals surface area contributed by atoms with Crippen molar-refractivity contribution in [1.82, 2.24) is 0 Å². The second-order valence-electron chi connectivity index (χ2n) is 4.34. The molecule has 0 aliphatic heterocycles. The lowest BCUT2D eigenvalue weighted by Gasteiger charge is -2.02. The molecule has 22 heavy (non-hydrogen) atoms. The van der Waals surface area contributed by atoms with E-state index in [-0.39, 0.29) is 11.6 Å². The minimum absolute atomic E-state index is 0.388. The average molecular weight is 319 g/mol. The van der Waals surface area contributed by atoms with Gasteiger partial charge in [0, 0.05) is 22.9 Å². The van der Waals surface area contributed by atoms with Crippen LogP contribution in [0, 0.1) is 10.1 Å². The Labute approximate surface area is 130 Å². The van der Waals surface area contributed by atoms with Gasteiger partial charge in [-0.25, -0.2) is 0 Å². The number of anilines is 1. The first kappa shape index (κ1) is 15.5. The first-order chi connectivity index (χ1) is 10.5. The quantitative estimate of drug-likeness (QED) is 0.511. The van der Waals surface area contributed by atoms with Gasteiger partial charge in [-0.15, -0.1) is 0 Å². The molecular weight excluding hydrogens is 308 g/mol. The highest BCUT2D eigenvalue weighted by atomic mass is 35.5. The Hall–Kier alpha value is -2.86. The zero-order valence-corrected chi connectivity index (χ0v) is 11.9. The van der Waals surface area contributed by atoms with Crippen molar-refractivity contribution in [3.05, 3.63) is 69.2 Å². The Morgan fingerprint density at radius 1 is 1.27 bits per heavy atom. The van der Waals surface area contributed by atoms with Gasteiger partial charge in [0.25, 0.3) is 0 Å². The Morgan fingerprint density at radius 3 is 2.68 bits per heavy atom. The first-order valence-corrected chi connectivity index (χ1v) is 6.55. The van der Waals surface area contributed by atoms with Crippen LogP contribution in [0.2, 0.25) is 5.02 Å². The third-order valence-corrected chi connectivity index (χ3v) is 2.95. The van der Waals surface area contributed by atoms with Crippen LogP contribution in [0.25, 0.3) is 6.08 Å². The molecule has 2 aromatic carbocycles. The SMILES string of the molecule is O=C(C=Cc1ccc([N+](=O)[O-])c(O)c1)Nc1cccc(Cl)c1. The van der Waals surface area contributed by atoms with E-state index in [9.17, 15) is 20.0 Å². The summed E-state index contributed by atoms with van der Waals surface area (Å²) in [5.74, 6) is -0.845. The molecular formula is C15H11ClN2O4. The molecule has 0 saturated heterocycles. The van der Waals surface area contributed by atoms with E-state index in [4.69, 9.17) is 11.6 Å². The zero-order valence-electron chi connectivity index (χ0n) is 11.2. The van der Waals surface area contributed by atoms with Crippen LogP contribution in [0.15, 0.2) is 48.5 Å². The maximum absolute atomic E-state index is 11.7. The molecule has 0 unspecified atom stereocenters. The number of benzene rings is 2. The van der Waals surface area contributed by atoms with Gasteiger partial charge in [-0.3, -0.25) is 14.9 Å². The highest BCUT2D eigenvalue weighted by Gasteiger charge is 2.12. The Kier molecular flexibility index (Phi) is 4.75. The normalized spacial score (nSPS) is 10.6. The van der Waals surface area contributed by atoms with E-state index in [2.05, 4.69) is 5.32 Å². The van der Waals surface area contributed by atoms with Crippen molar-refractivity contribution in [3.8, 4) is 5.75 Å². The molecule has 0 heterocycles. The molecule has 7 heteroatoms. The number of carbonyl (C=O) groups excluding carboxylic acids is 1. The summed E-state index contributed by atoms with van der Waals surface area (Å²) in [6, 6.07) is 10.5. The molecule has 0 saturated carbocycles. The van der Waals surface area contributed by atoms with E-state index < -0.39 is 10.7 Å². The monoisotopic (exact) mass is 318 g/mol. The third kappa shape index (κ3) is 4.07.